The Bertz CT molecular complexity index is 820. The van der Waals surface area contributed by atoms with Gasteiger partial charge in [0.2, 0.25) is 5.91 Å². The normalized spacial score (nSPS) is 13.0. The molecule has 24 heavy (non-hydrogen) atoms. The van der Waals surface area contributed by atoms with Crippen LogP contribution in [0.3, 0.4) is 0 Å². The summed E-state index contributed by atoms with van der Waals surface area (Å²) in [7, 11) is 0. The Morgan fingerprint density at radius 2 is 2.12 bits per heavy atom. The minimum Gasteiger partial charge on any atom is -0.306 e. The predicted octanol–water partition coefficient (Wildman–Crippen LogP) is 4.19. The topological polar surface area (TPSA) is 63.5 Å². The molecule has 0 bridgehead atoms. The average Bonchev–Trinajstić information content (AvgIpc) is 2.95. The molecule has 0 saturated carbocycles. The smallest absolute Gasteiger partial charge is 0.294 e. The number of hydrogen-bond acceptors (Lipinski definition) is 3. The molecule has 0 spiro atoms. The fourth-order valence-electron chi connectivity index (χ4n) is 3.13. The van der Waals surface area contributed by atoms with Gasteiger partial charge in [-0.25, -0.2) is 0 Å². The van der Waals surface area contributed by atoms with Gasteiger partial charge in [0.15, 0.2) is 0 Å². The Kier molecular flexibility index (Phi) is 4.66. The first-order valence-electron chi connectivity index (χ1n) is 7.78. The summed E-state index contributed by atoms with van der Waals surface area (Å²) in [6.45, 7) is 2.52. The number of halogens is 1. The largest absolute Gasteiger partial charge is 0.306 e. The Balaban J connectivity index is 1.80. The Labute approximate surface area is 148 Å². The molecule has 2 aromatic carbocycles. The van der Waals surface area contributed by atoms with E-state index in [1.54, 1.807) is 4.90 Å². The van der Waals surface area contributed by atoms with Crippen molar-refractivity contribution in [1.29, 1.82) is 0 Å². The van der Waals surface area contributed by atoms with Crippen molar-refractivity contribution >= 4 is 33.2 Å². The van der Waals surface area contributed by atoms with E-state index in [1.807, 2.05) is 31.2 Å². The molecule has 0 aliphatic carbocycles. The van der Waals surface area contributed by atoms with Crippen LogP contribution in [0.15, 0.2) is 40.9 Å². The van der Waals surface area contributed by atoms with Gasteiger partial charge in [-0.15, -0.1) is 0 Å². The first-order chi connectivity index (χ1) is 11.5. The van der Waals surface area contributed by atoms with Gasteiger partial charge in [-0.1, -0.05) is 45.8 Å². The number of fused-ring (bicyclic) bond motifs is 1. The first kappa shape index (κ1) is 16.6. The van der Waals surface area contributed by atoms with Crippen LogP contribution in [0.1, 0.15) is 23.1 Å². The number of carbonyl (C=O) groups is 1. The number of nitrogens with zero attached hydrogens (tertiary/aromatic N) is 2. The van der Waals surface area contributed by atoms with Crippen LogP contribution in [0.4, 0.5) is 11.4 Å². The van der Waals surface area contributed by atoms with E-state index in [0.29, 0.717) is 36.0 Å². The second-order valence-corrected chi connectivity index (χ2v) is 6.89. The second-order valence-electron chi connectivity index (χ2n) is 5.97. The fourth-order valence-corrected chi connectivity index (χ4v) is 3.62. The van der Waals surface area contributed by atoms with E-state index in [9.17, 15) is 14.9 Å². The first-order valence-corrected chi connectivity index (χ1v) is 8.58. The van der Waals surface area contributed by atoms with Crippen molar-refractivity contribution in [3.05, 3.63) is 67.7 Å². The van der Waals surface area contributed by atoms with Gasteiger partial charge in [0.05, 0.1) is 4.92 Å². The summed E-state index contributed by atoms with van der Waals surface area (Å²) in [5.41, 5.74) is 3.55. The minimum absolute atomic E-state index is 0.0132. The van der Waals surface area contributed by atoms with E-state index in [-0.39, 0.29) is 11.6 Å². The van der Waals surface area contributed by atoms with Crippen molar-refractivity contribution in [3.63, 3.8) is 0 Å². The molecule has 0 N–H and O–H groups in total. The number of amides is 1. The summed E-state index contributed by atoms with van der Waals surface area (Å²) in [5.74, 6) is -0.0688. The van der Waals surface area contributed by atoms with Crippen molar-refractivity contribution in [3.8, 4) is 0 Å². The van der Waals surface area contributed by atoms with E-state index in [1.165, 1.54) is 6.07 Å². The minimum atomic E-state index is -0.421. The molecule has 124 valence electrons. The van der Waals surface area contributed by atoms with Crippen molar-refractivity contribution in [2.45, 2.75) is 26.2 Å². The lowest BCUT2D eigenvalue weighted by Gasteiger charge is -2.17. The molecular formula is C18H17BrN2O3. The number of nitro benzene ring substituents is 1. The molecule has 0 aromatic heterocycles. The number of hydrogen-bond donors (Lipinski definition) is 0. The summed E-state index contributed by atoms with van der Waals surface area (Å²) in [4.78, 5) is 25.1. The summed E-state index contributed by atoms with van der Waals surface area (Å²) < 4.78 is 0.669. The summed E-state index contributed by atoms with van der Waals surface area (Å²) >= 11 is 3.30. The van der Waals surface area contributed by atoms with E-state index >= 15 is 0 Å². The van der Waals surface area contributed by atoms with Crippen LogP contribution in [-0.4, -0.2) is 17.4 Å². The molecule has 0 saturated heterocycles. The van der Waals surface area contributed by atoms with Crippen LogP contribution >= 0.6 is 15.9 Å². The fraction of sp³-hybridized carbons (Fsp3) is 0.278. The van der Waals surface area contributed by atoms with Gasteiger partial charge in [0, 0.05) is 23.5 Å². The third-order valence-corrected chi connectivity index (χ3v) is 4.67. The maximum atomic E-state index is 12.6. The highest BCUT2D eigenvalue weighted by Crippen LogP contribution is 2.39. The lowest BCUT2D eigenvalue weighted by atomic mass is 10.1. The second kappa shape index (κ2) is 6.73. The van der Waals surface area contributed by atoms with Crippen molar-refractivity contribution < 1.29 is 9.72 Å². The van der Waals surface area contributed by atoms with Crippen molar-refractivity contribution in [2.75, 3.05) is 11.4 Å². The average molecular weight is 389 g/mol. The molecule has 1 aliphatic rings. The number of anilines is 1. The van der Waals surface area contributed by atoms with Gasteiger partial charge in [0.25, 0.3) is 5.69 Å². The van der Waals surface area contributed by atoms with Crippen molar-refractivity contribution in [1.82, 2.24) is 0 Å². The third-order valence-electron chi connectivity index (χ3n) is 4.22. The van der Waals surface area contributed by atoms with Crippen LogP contribution < -0.4 is 4.90 Å². The molecule has 0 radical (unpaired) electrons. The Morgan fingerprint density at radius 3 is 2.83 bits per heavy atom. The molecule has 1 heterocycles. The molecular weight excluding hydrogens is 372 g/mol. The van der Waals surface area contributed by atoms with E-state index in [4.69, 9.17) is 0 Å². The molecule has 0 fully saturated rings. The molecule has 1 aliphatic heterocycles. The standard InChI is InChI=1S/C18H17BrN2O3/c1-12-3-2-4-13(9-12)5-6-17(22)20-8-7-14-10-15(19)11-16(18(14)20)21(23)24/h2-4,9-11H,5-8H2,1H3. The highest BCUT2D eigenvalue weighted by atomic mass is 79.9. The summed E-state index contributed by atoms with van der Waals surface area (Å²) in [6.07, 6.45) is 1.62. The number of nitro groups is 1. The lowest BCUT2D eigenvalue weighted by molar-refractivity contribution is -0.384. The Morgan fingerprint density at radius 1 is 1.33 bits per heavy atom. The molecule has 5 nitrogen and oxygen atoms in total. The van der Waals surface area contributed by atoms with Gasteiger partial charge >= 0.3 is 0 Å². The van der Waals surface area contributed by atoms with Gasteiger partial charge in [-0.3, -0.25) is 14.9 Å². The summed E-state index contributed by atoms with van der Waals surface area (Å²) in [6, 6.07) is 11.4. The predicted molar refractivity (Wildman–Crippen MR) is 96.4 cm³/mol. The quantitative estimate of drug-likeness (QED) is 0.582. The van der Waals surface area contributed by atoms with Crippen LogP contribution in [0, 0.1) is 17.0 Å². The van der Waals surface area contributed by atoms with Crippen LogP contribution in [0.25, 0.3) is 0 Å². The zero-order chi connectivity index (χ0) is 17.3. The summed E-state index contributed by atoms with van der Waals surface area (Å²) in [5, 5.41) is 11.3. The van der Waals surface area contributed by atoms with Crippen LogP contribution in [0.5, 0.6) is 0 Å². The number of aryl methyl sites for hydroxylation is 2. The SMILES string of the molecule is Cc1cccc(CCC(=O)N2CCc3cc(Br)cc([N+](=O)[O-])c32)c1. The van der Waals surface area contributed by atoms with E-state index in [0.717, 1.165) is 16.7 Å². The molecule has 2 aromatic rings. The monoisotopic (exact) mass is 388 g/mol. The maximum Gasteiger partial charge on any atom is 0.294 e. The number of carbonyl (C=O) groups excluding carboxylic acids is 1. The van der Waals surface area contributed by atoms with E-state index in [2.05, 4.69) is 22.0 Å². The van der Waals surface area contributed by atoms with Gasteiger partial charge in [0.1, 0.15) is 5.69 Å². The number of rotatable bonds is 4. The van der Waals surface area contributed by atoms with Gasteiger partial charge in [-0.05, 0) is 37.0 Å². The molecule has 1 amide bonds. The van der Waals surface area contributed by atoms with E-state index < -0.39 is 4.92 Å². The van der Waals surface area contributed by atoms with Crippen LogP contribution in [0.2, 0.25) is 0 Å². The van der Waals surface area contributed by atoms with Gasteiger partial charge < -0.3 is 4.90 Å². The zero-order valence-corrected chi connectivity index (χ0v) is 14.9. The molecule has 0 unspecified atom stereocenters. The third kappa shape index (κ3) is 3.33. The lowest BCUT2D eigenvalue weighted by Crippen LogP contribution is -2.29. The molecule has 6 heteroatoms. The highest BCUT2D eigenvalue weighted by molar-refractivity contribution is 9.10. The van der Waals surface area contributed by atoms with Crippen LogP contribution in [-0.2, 0) is 17.6 Å². The molecule has 3 rings (SSSR count). The maximum absolute atomic E-state index is 12.6. The highest BCUT2D eigenvalue weighted by Gasteiger charge is 2.32. The molecule has 0 atom stereocenters. The van der Waals surface area contributed by atoms with Gasteiger partial charge in [-0.2, -0.15) is 0 Å². The van der Waals surface area contributed by atoms with Crippen molar-refractivity contribution in [2.24, 2.45) is 0 Å². The zero-order valence-electron chi connectivity index (χ0n) is 13.3. The Hall–Kier alpha value is -2.21. The number of benzene rings is 2.